The number of likely N-dealkylation sites (tertiary alicyclic amines) is 1. The highest BCUT2D eigenvalue weighted by Gasteiger charge is 2.35. The van der Waals surface area contributed by atoms with Crippen LogP contribution in [0.15, 0.2) is 48.5 Å². The van der Waals surface area contributed by atoms with Crippen molar-refractivity contribution in [3.8, 4) is 0 Å². The van der Waals surface area contributed by atoms with Crippen LogP contribution in [0.4, 0.5) is 8.78 Å². The summed E-state index contributed by atoms with van der Waals surface area (Å²) in [6.07, 6.45) is 1.90. The number of hydrogen-bond donors (Lipinski definition) is 0. The molecule has 2 heterocycles. The molecule has 2 fully saturated rings. The van der Waals surface area contributed by atoms with Crippen molar-refractivity contribution in [1.82, 2.24) is 9.80 Å². The normalized spacial score (nSPS) is 20.0. The van der Waals surface area contributed by atoms with Crippen molar-refractivity contribution in [2.75, 3.05) is 26.3 Å². The number of ether oxygens (including phenoxy) is 2. The van der Waals surface area contributed by atoms with Crippen LogP contribution in [0.5, 0.6) is 0 Å². The van der Waals surface area contributed by atoms with Crippen LogP contribution in [0.3, 0.4) is 0 Å². The highest BCUT2D eigenvalue weighted by atomic mass is 19.1. The maximum Gasteiger partial charge on any atom is 0.227 e. The van der Waals surface area contributed by atoms with E-state index in [0.717, 1.165) is 37.1 Å². The van der Waals surface area contributed by atoms with Gasteiger partial charge in [-0.2, -0.15) is 0 Å². The Morgan fingerprint density at radius 3 is 2.00 bits per heavy atom. The number of carbonyl (C=O) groups excluding carboxylic acids is 1. The van der Waals surface area contributed by atoms with E-state index in [4.69, 9.17) is 9.47 Å². The number of amides is 1. The molecule has 0 saturated carbocycles. The summed E-state index contributed by atoms with van der Waals surface area (Å²) in [5.41, 5.74) is 1.67. The summed E-state index contributed by atoms with van der Waals surface area (Å²) < 4.78 is 38.3. The summed E-state index contributed by atoms with van der Waals surface area (Å²) in [6.45, 7) is 7.26. The van der Waals surface area contributed by atoms with E-state index in [1.807, 2.05) is 18.7 Å². The van der Waals surface area contributed by atoms with Crippen LogP contribution < -0.4 is 0 Å². The predicted molar refractivity (Wildman–Crippen MR) is 121 cm³/mol. The number of benzene rings is 2. The number of carbonyl (C=O) groups is 1. The molecule has 0 atom stereocenters. The molecule has 0 aromatic heterocycles. The van der Waals surface area contributed by atoms with Gasteiger partial charge in [0.15, 0.2) is 5.79 Å². The van der Waals surface area contributed by atoms with Crippen molar-refractivity contribution in [3.05, 3.63) is 71.3 Å². The Kier molecular flexibility index (Phi) is 7.41. The molecule has 2 aromatic carbocycles. The third-order valence-electron chi connectivity index (χ3n) is 6.56. The summed E-state index contributed by atoms with van der Waals surface area (Å²) in [4.78, 5) is 17.6. The highest BCUT2D eigenvalue weighted by molar-refractivity contribution is 5.79. The van der Waals surface area contributed by atoms with Crippen molar-refractivity contribution in [2.24, 2.45) is 0 Å². The van der Waals surface area contributed by atoms with Gasteiger partial charge in [0.05, 0.1) is 25.7 Å². The molecule has 33 heavy (non-hydrogen) atoms. The van der Waals surface area contributed by atoms with E-state index in [-0.39, 0.29) is 36.0 Å². The lowest BCUT2D eigenvalue weighted by Crippen LogP contribution is -2.55. The fourth-order valence-corrected chi connectivity index (χ4v) is 4.54. The first kappa shape index (κ1) is 23.8. The molecule has 0 unspecified atom stereocenters. The Bertz CT molecular complexity index is 916. The zero-order valence-corrected chi connectivity index (χ0v) is 19.3. The van der Waals surface area contributed by atoms with Crippen molar-refractivity contribution in [3.63, 3.8) is 0 Å². The Balaban J connectivity index is 1.42. The predicted octanol–water partition coefficient (Wildman–Crippen LogP) is 4.15. The standard InChI is InChI=1S/C26H32F2N2O3/c1-26(2)32-17-24(18-33-26)29-13-11-23(12-14-29)30(16-20-5-9-22(28)10-6-20)25(31)15-19-3-7-21(27)8-4-19/h3-10,23-24H,11-18H2,1-2H3. The SMILES string of the molecule is CC1(C)OCC(N2CCC(N(Cc3ccc(F)cc3)C(=O)Cc3ccc(F)cc3)CC2)CO1. The van der Waals surface area contributed by atoms with Gasteiger partial charge in [-0.05, 0) is 62.1 Å². The molecule has 2 saturated heterocycles. The Hall–Kier alpha value is -2.35. The Morgan fingerprint density at radius 2 is 1.45 bits per heavy atom. The summed E-state index contributed by atoms with van der Waals surface area (Å²) in [6, 6.07) is 12.6. The largest absolute Gasteiger partial charge is 0.349 e. The van der Waals surface area contributed by atoms with Gasteiger partial charge in [-0.15, -0.1) is 0 Å². The minimum absolute atomic E-state index is 0.00420. The van der Waals surface area contributed by atoms with Crippen LogP contribution in [0.1, 0.15) is 37.8 Å². The van der Waals surface area contributed by atoms with E-state index in [2.05, 4.69) is 4.90 Å². The zero-order chi connectivity index (χ0) is 23.4. The highest BCUT2D eigenvalue weighted by Crippen LogP contribution is 2.25. The summed E-state index contributed by atoms with van der Waals surface area (Å²) in [7, 11) is 0. The molecular weight excluding hydrogens is 426 g/mol. The van der Waals surface area contributed by atoms with Gasteiger partial charge in [-0.25, -0.2) is 8.78 Å². The smallest absolute Gasteiger partial charge is 0.227 e. The Morgan fingerprint density at radius 1 is 0.939 bits per heavy atom. The molecule has 4 rings (SSSR count). The van der Waals surface area contributed by atoms with Crippen LogP contribution in [-0.4, -0.2) is 59.9 Å². The summed E-state index contributed by atoms with van der Waals surface area (Å²) in [5.74, 6) is -1.15. The molecule has 0 bridgehead atoms. The van der Waals surface area contributed by atoms with Gasteiger partial charge in [0.25, 0.3) is 0 Å². The second-order valence-electron chi connectivity index (χ2n) is 9.39. The van der Waals surface area contributed by atoms with Crippen LogP contribution in [-0.2, 0) is 27.2 Å². The molecule has 0 spiro atoms. The number of hydrogen-bond acceptors (Lipinski definition) is 4. The third kappa shape index (κ3) is 6.37. The van der Waals surface area contributed by atoms with E-state index < -0.39 is 5.79 Å². The van der Waals surface area contributed by atoms with Gasteiger partial charge < -0.3 is 14.4 Å². The number of nitrogens with zero attached hydrogens (tertiary/aromatic N) is 2. The number of piperidine rings is 1. The molecular formula is C26H32F2N2O3. The quantitative estimate of drug-likeness (QED) is 0.652. The van der Waals surface area contributed by atoms with Gasteiger partial charge in [0.1, 0.15) is 11.6 Å². The first-order valence-corrected chi connectivity index (χ1v) is 11.6. The van der Waals surface area contributed by atoms with Crippen molar-refractivity contribution in [1.29, 1.82) is 0 Å². The molecule has 0 radical (unpaired) electrons. The lowest BCUT2D eigenvalue weighted by Gasteiger charge is -2.44. The molecule has 0 N–H and O–H groups in total. The first-order chi connectivity index (χ1) is 15.8. The molecule has 7 heteroatoms. The Labute approximate surface area is 194 Å². The molecule has 0 aliphatic carbocycles. The zero-order valence-electron chi connectivity index (χ0n) is 19.3. The average Bonchev–Trinajstić information content (AvgIpc) is 2.80. The van der Waals surface area contributed by atoms with Crippen LogP contribution in [0.2, 0.25) is 0 Å². The molecule has 2 aliphatic heterocycles. The van der Waals surface area contributed by atoms with Crippen LogP contribution >= 0.6 is 0 Å². The second kappa shape index (κ2) is 10.3. The molecule has 2 aromatic rings. The maximum atomic E-state index is 13.4. The molecule has 5 nitrogen and oxygen atoms in total. The molecule has 1 amide bonds. The second-order valence-corrected chi connectivity index (χ2v) is 9.39. The number of rotatable bonds is 6. The maximum absolute atomic E-state index is 13.4. The molecule has 2 aliphatic rings. The van der Waals surface area contributed by atoms with Crippen molar-refractivity contribution < 1.29 is 23.0 Å². The molecule has 178 valence electrons. The van der Waals surface area contributed by atoms with Gasteiger partial charge >= 0.3 is 0 Å². The average molecular weight is 459 g/mol. The van der Waals surface area contributed by atoms with Crippen LogP contribution in [0.25, 0.3) is 0 Å². The third-order valence-corrected chi connectivity index (χ3v) is 6.56. The van der Waals surface area contributed by atoms with E-state index in [1.165, 1.54) is 24.3 Å². The minimum atomic E-state index is -0.534. The topological polar surface area (TPSA) is 42.0 Å². The monoisotopic (exact) mass is 458 g/mol. The van der Waals surface area contributed by atoms with Gasteiger partial charge in [0.2, 0.25) is 5.91 Å². The van der Waals surface area contributed by atoms with Gasteiger partial charge in [0, 0.05) is 25.7 Å². The fraction of sp³-hybridized carbons (Fsp3) is 0.500. The van der Waals surface area contributed by atoms with E-state index in [1.54, 1.807) is 24.3 Å². The lowest BCUT2D eigenvalue weighted by molar-refractivity contribution is -0.264. The first-order valence-electron chi connectivity index (χ1n) is 11.6. The van der Waals surface area contributed by atoms with Gasteiger partial charge in [-0.1, -0.05) is 24.3 Å². The van der Waals surface area contributed by atoms with E-state index in [0.29, 0.717) is 19.8 Å². The number of halogens is 2. The van der Waals surface area contributed by atoms with Crippen molar-refractivity contribution in [2.45, 2.75) is 57.5 Å². The van der Waals surface area contributed by atoms with Gasteiger partial charge in [-0.3, -0.25) is 9.69 Å². The fourth-order valence-electron chi connectivity index (χ4n) is 4.54. The summed E-state index contributed by atoms with van der Waals surface area (Å²) >= 11 is 0. The van der Waals surface area contributed by atoms with E-state index >= 15 is 0 Å². The lowest BCUT2D eigenvalue weighted by atomic mass is 9.99. The van der Waals surface area contributed by atoms with E-state index in [9.17, 15) is 13.6 Å². The van der Waals surface area contributed by atoms with Crippen LogP contribution in [0, 0.1) is 11.6 Å². The minimum Gasteiger partial charge on any atom is -0.349 e. The van der Waals surface area contributed by atoms with Crippen molar-refractivity contribution >= 4 is 5.91 Å². The summed E-state index contributed by atoms with van der Waals surface area (Å²) in [5, 5.41) is 0.